The van der Waals surface area contributed by atoms with Crippen molar-refractivity contribution in [3.05, 3.63) is 36.4 Å². The molecular formula is C19H24N2O5. The van der Waals surface area contributed by atoms with Crippen LogP contribution in [-0.2, 0) is 4.79 Å². The van der Waals surface area contributed by atoms with E-state index in [1.54, 1.807) is 46.6 Å². The van der Waals surface area contributed by atoms with Gasteiger partial charge in [-0.15, -0.1) is 0 Å². The number of carbonyl (C=O) groups is 1. The van der Waals surface area contributed by atoms with E-state index in [0.717, 1.165) is 5.69 Å². The molecule has 26 heavy (non-hydrogen) atoms. The van der Waals surface area contributed by atoms with E-state index < -0.39 is 0 Å². The number of anilines is 2. The molecular weight excluding hydrogens is 336 g/mol. The first kappa shape index (κ1) is 19.2. The molecule has 2 rings (SSSR count). The van der Waals surface area contributed by atoms with Gasteiger partial charge >= 0.3 is 0 Å². The minimum Gasteiger partial charge on any atom is -0.497 e. The minimum atomic E-state index is -0.119. The van der Waals surface area contributed by atoms with Crippen molar-refractivity contribution >= 4 is 17.3 Å². The lowest BCUT2D eigenvalue weighted by Crippen LogP contribution is -2.16. The molecule has 140 valence electrons. The molecule has 2 aromatic carbocycles. The summed E-state index contributed by atoms with van der Waals surface area (Å²) < 4.78 is 20.9. The van der Waals surface area contributed by atoms with Crippen LogP contribution < -0.4 is 29.6 Å². The van der Waals surface area contributed by atoms with Crippen molar-refractivity contribution in [3.8, 4) is 23.0 Å². The van der Waals surface area contributed by atoms with Crippen LogP contribution in [0.5, 0.6) is 23.0 Å². The average molecular weight is 360 g/mol. The summed E-state index contributed by atoms with van der Waals surface area (Å²) in [4.78, 5) is 12.2. The lowest BCUT2D eigenvalue weighted by atomic mass is 10.2. The van der Waals surface area contributed by atoms with Gasteiger partial charge in [0.15, 0.2) is 11.5 Å². The van der Waals surface area contributed by atoms with Gasteiger partial charge in [-0.2, -0.15) is 0 Å². The highest BCUT2D eigenvalue weighted by molar-refractivity contribution is 5.91. The van der Waals surface area contributed by atoms with Gasteiger partial charge in [-0.25, -0.2) is 0 Å². The molecule has 0 radical (unpaired) electrons. The third-order valence-electron chi connectivity index (χ3n) is 3.74. The van der Waals surface area contributed by atoms with Crippen LogP contribution in [0.3, 0.4) is 0 Å². The van der Waals surface area contributed by atoms with Crippen molar-refractivity contribution < 1.29 is 23.7 Å². The number of amides is 1. The number of ether oxygens (including phenoxy) is 4. The number of benzene rings is 2. The summed E-state index contributed by atoms with van der Waals surface area (Å²) in [5, 5.41) is 6.02. The fourth-order valence-electron chi connectivity index (χ4n) is 2.40. The summed E-state index contributed by atoms with van der Waals surface area (Å²) in [7, 11) is 6.31. The molecule has 0 aromatic heterocycles. The van der Waals surface area contributed by atoms with Gasteiger partial charge in [0.25, 0.3) is 0 Å². The highest BCUT2D eigenvalue weighted by atomic mass is 16.5. The molecule has 0 saturated carbocycles. The predicted octanol–water partition coefficient (Wildman–Crippen LogP) is 3.16. The summed E-state index contributed by atoms with van der Waals surface area (Å²) in [5.41, 5.74) is 1.41. The Morgan fingerprint density at radius 1 is 0.846 bits per heavy atom. The maximum atomic E-state index is 12.2. The zero-order chi connectivity index (χ0) is 18.9. The van der Waals surface area contributed by atoms with Crippen LogP contribution in [0.2, 0.25) is 0 Å². The zero-order valence-electron chi connectivity index (χ0n) is 15.4. The smallest absolute Gasteiger partial charge is 0.226 e. The normalized spacial score (nSPS) is 10.0. The van der Waals surface area contributed by atoms with E-state index in [4.69, 9.17) is 18.9 Å². The minimum absolute atomic E-state index is 0.119. The lowest BCUT2D eigenvalue weighted by Gasteiger charge is -2.13. The van der Waals surface area contributed by atoms with E-state index in [1.165, 1.54) is 0 Å². The Labute approximate surface area is 153 Å². The van der Waals surface area contributed by atoms with Gasteiger partial charge in [0, 0.05) is 30.8 Å². The van der Waals surface area contributed by atoms with Crippen LogP contribution in [0.1, 0.15) is 6.42 Å². The zero-order valence-corrected chi connectivity index (χ0v) is 15.4. The molecule has 0 spiro atoms. The molecule has 0 unspecified atom stereocenters. The third kappa shape index (κ3) is 4.95. The van der Waals surface area contributed by atoms with Crippen molar-refractivity contribution in [2.45, 2.75) is 6.42 Å². The molecule has 7 heteroatoms. The SMILES string of the molecule is COc1ccc(OC)c(NCCC(=O)Nc2ccc(OC)c(OC)c2)c1. The first-order chi connectivity index (χ1) is 12.6. The Hall–Kier alpha value is -3.09. The largest absolute Gasteiger partial charge is 0.497 e. The Morgan fingerprint density at radius 2 is 1.54 bits per heavy atom. The average Bonchev–Trinajstić information content (AvgIpc) is 2.67. The van der Waals surface area contributed by atoms with Gasteiger partial charge in [-0.1, -0.05) is 0 Å². The molecule has 0 saturated heterocycles. The molecule has 1 amide bonds. The number of rotatable bonds is 9. The predicted molar refractivity (Wildman–Crippen MR) is 101 cm³/mol. The lowest BCUT2D eigenvalue weighted by molar-refractivity contribution is -0.115. The van der Waals surface area contributed by atoms with E-state index in [0.29, 0.717) is 35.2 Å². The Kier molecular flexibility index (Phi) is 6.96. The maximum absolute atomic E-state index is 12.2. The van der Waals surface area contributed by atoms with Crippen LogP contribution in [0.4, 0.5) is 11.4 Å². The summed E-state index contributed by atoms with van der Waals surface area (Å²) in [6, 6.07) is 10.7. The van der Waals surface area contributed by atoms with Gasteiger partial charge in [0.1, 0.15) is 11.5 Å². The maximum Gasteiger partial charge on any atom is 0.226 e. The number of hydrogen-bond donors (Lipinski definition) is 2. The summed E-state index contributed by atoms with van der Waals surface area (Å²) >= 11 is 0. The topological polar surface area (TPSA) is 78.1 Å². The van der Waals surface area contributed by atoms with E-state index in [2.05, 4.69) is 10.6 Å². The molecule has 0 aliphatic rings. The van der Waals surface area contributed by atoms with E-state index in [1.807, 2.05) is 18.2 Å². The second-order valence-corrected chi connectivity index (χ2v) is 5.36. The van der Waals surface area contributed by atoms with Gasteiger partial charge < -0.3 is 29.6 Å². The Morgan fingerprint density at radius 3 is 2.19 bits per heavy atom. The van der Waals surface area contributed by atoms with Gasteiger partial charge in [-0.3, -0.25) is 4.79 Å². The number of methoxy groups -OCH3 is 4. The van der Waals surface area contributed by atoms with Crippen LogP contribution >= 0.6 is 0 Å². The second-order valence-electron chi connectivity index (χ2n) is 5.36. The summed E-state index contributed by atoms with van der Waals surface area (Å²) in [6.45, 7) is 0.447. The number of nitrogens with one attached hydrogen (secondary N) is 2. The standard InChI is InChI=1S/C19H24N2O5/c1-23-14-6-8-16(24-2)15(12-14)20-10-9-19(22)21-13-5-7-17(25-3)18(11-13)26-4/h5-8,11-12,20H,9-10H2,1-4H3,(H,21,22). The molecule has 2 aromatic rings. The molecule has 2 N–H and O–H groups in total. The molecule has 0 aliphatic carbocycles. The van der Waals surface area contributed by atoms with Crippen molar-refractivity contribution in [2.75, 3.05) is 45.6 Å². The van der Waals surface area contributed by atoms with Crippen molar-refractivity contribution in [3.63, 3.8) is 0 Å². The summed E-state index contributed by atoms with van der Waals surface area (Å²) in [5.74, 6) is 2.45. The van der Waals surface area contributed by atoms with Gasteiger partial charge in [0.05, 0.1) is 34.1 Å². The molecule has 0 aliphatic heterocycles. The summed E-state index contributed by atoms with van der Waals surface area (Å²) in [6.07, 6.45) is 0.286. The van der Waals surface area contributed by atoms with Crippen LogP contribution in [0.25, 0.3) is 0 Å². The number of carbonyl (C=O) groups excluding carboxylic acids is 1. The molecule has 0 bridgehead atoms. The second kappa shape index (κ2) is 9.41. The molecule has 0 fully saturated rings. The van der Waals surface area contributed by atoms with Crippen molar-refractivity contribution in [1.82, 2.24) is 0 Å². The first-order valence-electron chi connectivity index (χ1n) is 8.09. The molecule has 7 nitrogen and oxygen atoms in total. The quantitative estimate of drug-likeness (QED) is 0.715. The van der Waals surface area contributed by atoms with Crippen molar-refractivity contribution in [2.24, 2.45) is 0 Å². The number of hydrogen-bond acceptors (Lipinski definition) is 6. The van der Waals surface area contributed by atoms with Gasteiger partial charge in [-0.05, 0) is 24.3 Å². The van der Waals surface area contributed by atoms with Gasteiger partial charge in [0.2, 0.25) is 5.91 Å². The van der Waals surface area contributed by atoms with Crippen LogP contribution in [0.15, 0.2) is 36.4 Å². The molecule has 0 heterocycles. The highest BCUT2D eigenvalue weighted by Gasteiger charge is 2.09. The van der Waals surface area contributed by atoms with E-state index in [-0.39, 0.29) is 12.3 Å². The Balaban J connectivity index is 1.91. The monoisotopic (exact) mass is 360 g/mol. The van der Waals surface area contributed by atoms with Crippen molar-refractivity contribution in [1.29, 1.82) is 0 Å². The highest BCUT2D eigenvalue weighted by Crippen LogP contribution is 2.30. The fourth-order valence-corrected chi connectivity index (χ4v) is 2.40. The third-order valence-corrected chi connectivity index (χ3v) is 3.74. The fraction of sp³-hybridized carbons (Fsp3) is 0.316. The van der Waals surface area contributed by atoms with E-state index in [9.17, 15) is 4.79 Å². The van der Waals surface area contributed by atoms with E-state index >= 15 is 0 Å². The molecule has 0 atom stereocenters. The van der Waals surface area contributed by atoms with Crippen LogP contribution in [-0.4, -0.2) is 40.9 Å². The Bertz CT molecular complexity index is 749. The van der Waals surface area contributed by atoms with Crippen LogP contribution in [0, 0.1) is 0 Å². The first-order valence-corrected chi connectivity index (χ1v) is 8.09.